The van der Waals surface area contributed by atoms with Crippen LogP contribution in [0.3, 0.4) is 0 Å². The van der Waals surface area contributed by atoms with Crippen molar-refractivity contribution >= 4 is 23.4 Å². The summed E-state index contributed by atoms with van der Waals surface area (Å²) in [5.41, 5.74) is -0.672. The number of fused-ring (bicyclic) bond motifs is 5. The Kier molecular flexibility index (Phi) is 6.10. The van der Waals surface area contributed by atoms with Crippen LogP contribution in [-0.4, -0.2) is 23.5 Å². The molecule has 0 spiro atoms. The van der Waals surface area contributed by atoms with Gasteiger partial charge in [-0.15, -0.1) is 0 Å². The number of benzene rings is 1. The van der Waals surface area contributed by atoms with E-state index < -0.39 is 5.60 Å². The molecule has 5 rings (SSSR count). The van der Waals surface area contributed by atoms with Crippen molar-refractivity contribution in [3.8, 4) is 5.75 Å². The van der Waals surface area contributed by atoms with E-state index in [9.17, 15) is 9.59 Å². The molecule has 0 aromatic heterocycles. The summed E-state index contributed by atoms with van der Waals surface area (Å²) < 4.78 is 12.3. The second-order valence-corrected chi connectivity index (χ2v) is 13.6. The number of hydrogen-bond donors (Lipinski definition) is 0. The van der Waals surface area contributed by atoms with Gasteiger partial charge in [-0.05, 0) is 112 Å². The number of carbonyl (C=O) groups excluding carboxylic acids is 2. The average Bonchev–Trinajstić information content (AvgIpc) is 3.12. The van der Waals surface area contributed by atoms with E-state index in [-0.39, 0.29) is 28.3 Å². The van der Waals surface area contributed by atoms with E-state index in [1.165, 1.54) is 12.8 Å². The molecule has 0 bridgehead atoms. The van der Waals surface area contributed by atoms with Gasteiger partial charge in [-0.25, -0.2) is 4.79 Å². The Labute approximate surface area is 215 Å². The lowest BCUT2D eigenvalue weighted by atomic mass is 9.40. The Hall–Kier alpha value is -1.55. The van der Waals surface area contributed by atoms with Crippen LogP contribution in [0, 0.1) is 34.0 Å². The van der Waals surface area contributed by atoms with E-state index in [1.807, 2.05) is 0 Å². The molecule has 5 heteroatoms. The molecule has 0 unspecified atom stereocenters. The Morgan fingerprint density at radius 3 is 2.40 bits per heavy atom. The molecule has 0 aliphatic heterocycles. The van der Waals surface area contributed by atoms with Crippen molar-refractivity contribution in [2.24, 2.45) is 34.0 Å². The maximum Gasteiger partial charge on any atom is 0.350 e. The van der Waals surface area contributed by atoms with E-state index >= 15 is 0 Å². The van der Waals surface area contributed by atoms with Crippen LogP contribution in [0.1, 0.15) is 92.4 Å². The van der Waals surface area contributed by atoms with Crippen LogP contribution in [0.5, 0.6) is 5.75 Å². The van der Waals surface area contributed by atoms with Crippen molar-refractivity contribution < 1.29 is 19.1 Å². The summed E-state index contributed by atoms with van der Waals surface area (Å²) in [6.45, 7) is 10.8. The number of hydrogen-bond acceptors (Lipinski definition) is 4. The minimum Gasteiger partial charge on any atom is -0.476 e. The van der Waals surface area contributed by atoms with E-state index in [1.54, 1.807) is 38.1 Å². The van der Waals surface area contributed by atoms with Gasteiger partial charge in [-0.3, -0.25) is 4.79 Å². The molecular formula is C30H41ClO4. The zero-order valence-corrected chi connectivity index (χ0v) is 22.7. The molecule has 4 aliphatic carbocycles. The summed E-state index contributed by atoms with van der Waals surface area (Å²) in [7, 11) is 0. The third kappa shape index (κ3) is 4.03. The molecule has 7 atom stereocenters. The summed E-state index contributed by atoms with van der Waals surface area (Å²) in [6, 6.07) is 7.08. The number of halogens is 1. The van der Waals surface area contributed by atoms with Crippen molar-refractivity contribution in [3.05, 3.63) is 29.3 Å². The molecule has 4 aliphatic rings. The minimum atomic E-state index is -1.08. The molecule has 4 saturated carbocycles. The van der Waals surface area contributed by atoms with Crippen molar-refractivity contribution in [2.45, 2.75) is 104 Å². The predicted molar refractivity (Wildman–Crippen MR) is 137 cm³/mol. The maximum atomic E-state index is 13.3. The number of esters is 1. The Balaban J connectivity index is 1.30. The first-order chi connectivity index (χ1) is 16.4. The van der Waals surface area contributed by atoms with Crippen LogP contribution in [0.4, 0.5) is 0 Å². The van der Waals surface area contributed by atoms with Crippen LogP contribution in [0.25, 0.3) is 0 Å². The smallest absolute Gasteiger partial charge is 0.350 e. The molecule has 4 fully saturated rings. The number of ether oxygens (including phenoxy) is 2. The van der Waals surface area contributed by atoms with E-state index in [0.717, 1.165) is 44.9 Å². The highest BCUT2D eigenvalue weighted by atomic mass is 35.5. The fourth-order valence-corrected chi connectivity index (χ4v) is 8.78. The maximum absolute atomic E-state index is 13.3. The van der Waals surface area contributed by atoms with Gasteiger partial charge in [0.2, 0.25) is 0 Å². The first-order valence-corrected chi connectivity index (χ1v) is 13.9. The summed E-state index contributed by atoms with van der Waals surface area (Å²) in [5.74, 6) is 2.69. The first kappa shape index (κ1) is 25.1. The lowest BCUT2D eigenvalue weighted by molar-refractivity contribution is -0.183. The minimum absolute atomic E-state index is 0.0156. The highest BCUT2D eigenvalue weighted by Crippen LogP contribution is 2.69. The van der Waals surface area contributed by atoms with E-state index in [4.69, 9.17) is 21.1 Å². The number of rotatable bonds is 4. The summed E-state index contributed by atoms with van der Waals surface area (Å²) in [6.07, 6.45) is 9.17. The van der Waals surface area contributed by atoms with Gasteiger partial charge in [0, 0.05) is 23.3 Å². The Morgan fingerprint density at radius 1 is 0.971 bits per heavy atom. The second kappa shape index (κ2) is 8.50. The molecule has 192 valence electrons. The monoisotopic (exact) mass is 500 g/mol. The third-order valence-corrected chi connectivity index (χ3v) is 11.3. The fourth-order valence-electron chi connectivity index (χ4n) is 8.66. The van der Waals surface area contributed by atoms with Crippen LogP contribution >= 0.6 is 11.6 Å². The van der Waals surface area contributed by atoms with Crippen molar-refractivity contribution in [1.29, 1.82) is 0 Å². The van der Waals surface area contributed by atoms with Gasteiger partial charge in [0.15, 0.2) is 5.60 Å². The zero-order valence-electron chi connectivity index (χ0n) is 22.0. The first-order valence-electron chi connectivity index (χ1n) is 13.6. The summed E-state index contributed by atoms with van der Waals surface area (Å²) in [5, 5.41) is 0.634. The van der Waals surface area contributed by atoms with Gasteiger partial charge in [0.1, 0.15) is 17.6 Å². The number of ketones is 1. The van der Waals surface area contributed by atoms with Crippen LogP contribution in [-0.2, 0) is 14.3 Å². The summed E-state index contributed by atoms with van der Waals surface area (Å²) >= 11 is 5.99. The van der Waals surface area contributed by atoms with E-state index in [2.05, 4.69) is 20.8 Å². The van der Waals surface area contributed by atoms with E-state index in [0.29, 0.717) is 34.3 Å². The van der Waals surface area contributed by atoms with Gasteiger partial charge in [0.25, 0.3) is 0 Å². The quantitative estimate of drug-likeness (QED) is 0.404. The largest absolute Gasteiger partial charge is 0.476 e. The Morgan fingerprint density at radius 2 is 1.69 bits per heavy atom. The van der Waals surface area contributed by atoms with Gasteiger partial charge >= 0.3 is 5.97 Å². The van der Waals surface area contributed by atoms with Crippen LogP contribution < -0.4 is 4.74 Å². The molecule has 35 heavy (non-hydrogen) atoms. The molecule has 0 N–H and O–H groups in total. The molecule has 0 saturated heterocycles. The molecule has 1 aromatic carbocycles. The molecule has 1 aromatic rings. The lowest BCUT2D eigenvalue weighted by Gasteiger charge is -2.64. The van der Waals surface area contributed by atoms with Crippen LogP contribution in [0.15, 0.2) is 24.3 Å². The SMILES string of the molecule is CC(C)(Oc1ccc(Cl)cc1)C(=O)O[C@@H]1CC[C@H]2[C@@H]3CC[C@@]4(C)CC(=O)CC[C@]4(C)[C@H]3CC[C@]12C. The lowest BCUT2D eigenvalue weighted by Crippen LogP contribution is -2.58. The zero-order chi connectivity index (χ0) is 25.2. The van der Waals surface area contributed by atoms with Gasteiger partial charge in [0.05, 0.1) is 0 Å². The van der Waals surface area contributed by atoms with Crippen molar-refractivity contribution in [1.82, 2.24) is 0 Å². The van der Waals surface area contributed by atoms with Crippen LogP contribution in [0.2, 0.25) is 5.02 Å². The van der Waals surface area contributed by atoms with Crippen molar-refractivity contribution in [2.75, 3.05) is 0 Å². The van der Waals surface area contributed by atoms with Gasteiger partial charge in [-0.1, -0.05) is 32.4 Å². The Bertz CT molecular complexity index is 1000. The summed E-state index contributed by atoms with van der Waals surface area (Å²) in [4.78, 5) is 25.6. The second-order valence-electron chi connectivity index (χ2n) is 13.2. The average molecular weight is 501 g/mol. The van der Waals surface area contributed by atoms with Crippen molar-refractivity contribution in [3.63, 3.8) is 0 Å². The standard InChI is InChI=1S/C30H41ClO4/c1-27(2,35-21-8-6-19(31)7-9-21)26(33)34-25-11-10-23-22-13-15-28(3)18-20(32)12-17-30(28,5)24(22)14-16-29(23,25)4/h6-9,22-25H,10-18H2,1-5H3/t22-,23-,24-,25+,28-,29-,30+/m0/s1. The number of Topliss-reactive ketones (excluding diaryl/α,β-unsaturated/α-hetero) is 1. The molecular weight excluding hydrogens is 460 g/mol. The highest BCUT2D eigenvalue weighted by Gasteiger charge is 2.64. The highest BCUT2D eigenvalue weighted by molar-refractivity contribution is 6.30. The predicted octanol–water partition coefficient (Wildman–Crippen LogP) is 7.41. The topological polar surface area (TPSA) is 52.6 Å². The van der Waals surface area contributed by atoms with Gasteiger partial charge in [-0.2, -0.15) is 0 Å². The van der Waals surface area contributed by atoms with Gasteiger partial charge < -0.3 is 9.47 Å². The molecule has 0 heterocycles. The normalized spacial score (nSPS) is 40.9. The third-order valence-electron chi connectivity index (χ3n) is 11.0. The molecule has 0 amide bonds. The molecule has 4 nitrogen and oxygen atoms in total. The molecule has 0 radical (unpaired) electrons. The number of carbonyl (C=O) groups is 2. The fraction of sp³-hybridized carbons (Fsp3) is 0.733.